The Morgan fingerprint density at radius 1 is 1.32 bits per heavy atom. The first-order chi connectivity index (χ1) is 10.8. The Labute approximate surface area is 131 Å². The lowest BCUT2D eigenvalue weighted by atomic mass is 9.95. The molecule has 2 heterocycles. The minimum atomic E-state index is 0.330. The second kappa shape index (κ2) is 6.79. The third-order valence-electron chi connectivity index (χ3n) is 4.34. The summed E-state index contributed by atoms with van der Waals surface area (Å²) in [5, 5.41) is 10.1. The van der Waals surface area contributed by atoms with Crippen molar-refractivity contribution in [1.29, 1.82) is 0 Å². The van der Waals surface area contributed by atoms with Gasteiger partial charge in [0.2, 0.25) is 0 Å². The van der Waals surface area contributed by atoms with E-state index in [4.69, 9.17) is 4.74 Å². The van der Waals surface area contributed by atoms with Crippen molar-refractivity contribution in [2.45, 2.75) is 31.8 Å². The van der Waals surface area contributed by atoms with Gasteiger partial charge in [0, 0.05) is 30.5 Å². The van der Waals surface area contributed by atoms with Gasteiger partial charge in [0.25, 0.3) is 0 Å². The minimum absolute atomic E-state index is 0.330. The van der Waals surface area contributed by atoms with Crippen LogP contribution in [0.15, 0.2) is 42.7 Å². The Bertz CT molecular complexity index is 616. The summed E-state index contributed by atoms with van der Waals surface area (Å²) < 4.78 is 5.27. The van der Waals surface area contributed by atoms with Crippen molar-refractivity contribution in [3.8, 4) is 11.5 Å². The monoisotopic (exact) mass is 298 g/mol. The number of hydrogen-bond acceptors (Lipinski definition) is 4. The molecule has 0 aliphatic carbocycles. The molecule has 22 heavy (non-hydrogen) atoms. The van der Waals surface area contributed by atoms with Crippen molar-refractivity contribution in [2.75, 3.05) is 13.7 Å². The van der Waals surface area contributed by atoms with Gasteiger partial charge in [0.05, 0.1) is 7.11 Å². The lowest BCUT2D eigenvalue weighted by Crippen LogP contribution is -2.33. The fourth-order valence-electron chi connectivity index (χ4n) is 3.17. The maximum atomic E-state index is 10.1. The molecule has 0 radical (unpaired) electrons. The van der Waals surface area contributed by atoms with Crippen LogP contribution in [0.1, 0.15) is 36.4 Å². The summed E-state index contributed by atoms with van der Waals surface area (Å²) in [6.07, 6.45) is 7.33. The van der Waals surface area contributed by atoms with Crippen LogP contribution in [0, 0.1) is 0 Å². The Morgan fingerprint density at radius 2 is 2.23 bits per heavy atom. The lowest BCUT2D eigenvalue weighted by molar-refractivity contribution is 0.139. The first-order valence-electron chi connectivity index (χ1n) is 7.78. The highest BCUT2D eigenvalue weighted by Crippen LogP contribution is 2.33. The predicted octanol–water partition coefficient (Wildman–Crippen LogP) is 3.52. The van der Waals surface area contributed by atoms with Gasteiger partial charge in [-0.25, -0.2) is 0 Å². The van der Waals surface area contributed by atoms with E-state index in [-0.39, 0.29) is 0 Å². The maximum Gasteiger partial charge on any atom is 0.120 e. The van der Waals surface area contributed by atoms with Crippen LogP contribution in [0.25, 0.3) is 0 Å². The highest BCUT2D eigenvalue weighted by Gasteiger charge is 2.24. The number of pyridine rings is 1. The van der Waals surface area contributed by atoms with Crippen molar-refractivity contribution < 1.29 is 9.84 Å². The Morgan fingerprint density at radius 3 is 3.00 bits per heavy atom. The van der Waals surface area contributed by atoms with Crippen molar-refractivity contribution in [3.63, 3.8) is 0 Å². The molecule has 1 aromatic heterocycles. The molecule has 1 aromatic carbocycles. The summed E-state index contributed by atoms with van der Waals surface area (Å²) in [7, 11) is 1.65. The number of methoxy groups -OCH3 is 1. The lowest BCUT2D eigenvalue weighted by Gasteiger charge is -2.36. The second-order valence-electron chi connectivity index (χ2n) is 5.76. The normalized spacial score (nSPS) is 19.0. The van der Waals surface area contributed by atoms with Crippen LogP contribution in [-0.4, -0.2) is 28.6 Å². The molecule has 1 atom stereocenters. The van der Waals surface area contributed by atoms with Gasteiger partial charge in [-0.05, 0) is 49.2 Å². The van der Waals surface area contributed by atoms with Gasteiger partial charge in [0.15, 0.2) is 0 Å². The molecule has 0 saturated carbocycles. The average Bonchev–Trinajstić information content (AvgIpc) is 2.58. The Kier molecular flexibility index (Phi) is 4.59. The molecule has 116 valence electrons. The summed E-state index contributed by atoms with van der Waals surface area (Å²) in [5.74, 6) is 1.11. The van der Waals surface area contributed by atoms with Crippen molar-refractivity contribution in [1.82, 2.24) is 9.88 Å². The fraction of sp³-hybridized carbons (Fsp3) is 0.389. The average molecular weight is 298 g/mol. The maximum absolute atomic E-state index is 10.1. The second-order valence-corrected chi connectivity index (χ2v) is 5.76. The number of benzene rings is 1. The van der Waals surface area contributed by atoms with E-state index in [0.717, 1.165) is 30.8 Å². The highest BCUT2D eigenvalue weighted by molar-refractivity contribution is 5.39. The third kappa shape index (κ3) is 3.22. The molecule has 1 aliphatic rings. The molecule has 4 heteroatoms. The minimum Gasteiger partial charge on any atom is -0.508 e. The smallest absolute Gasteiger partial charge is 0.120 e. The Balaban J connectivity index is 1.83. The topological polar surface area (TPSA) is 45.6 Å². The van der Waals surface area contributed by atoms with Gasteiger partial charge in [-0.15, -0.1) is 0 Å². The molecule has 1 unspecified atom stereocenters. The van der Waals surface area contributed by atoms with Crippen LogP contribution in [0.2, 0.25) is 0 Å². The molecule has 2 aromatic rings. The molecule has 1 aliphatic heterocycles. The molecule has 1 N–H and O–H groups in total. The number of likely N-dealkylation sites (tertiary alicyclic amines) is 1. The van der Waals surface area contributed by atoms with E-state index in [1.807, 2.05) is 24.5 Å². The van der Waals surface area contributed by atoms with Crippen molar-refractivity contribution >= 4 is 0 Å². The zero-order chi connectivity index (χ0) is 15.4. The number of nitrogens with zero attached hydrogens (tertiary/aromatic N) is 2. The van der Waals surface area contributed by atoms with E-state index >= 15 is 0 Å². The molecule has 3 rings (SSSR count). The number of ether oxygens (including phenoxy) is 1. The van der Waals surface area contributed by atoms with Crippen LogP contribution >= 0.6 is 0 Å². The van der Waals surface area contributed by atoms with Crippen LogP contribution < -0.4 is 4.74 Å². The standard InChI is InChI=1S/C18H22N2O2/c1-22-16-7-8-18(21)15(11-16)13-20-10-3-2-6-17(20)14-5-4-9-19-12-14/h4-5,7-9,11-12,17,21H,2-3,6,10,13H2,1H3. The molecule has 0 bridgehead atoms. The van der Waals surface area contributed by atoms with E-state index < -0.39 is 0 Å². The summed E-state index contributed by atoms with van der Waals surface area (Å²) in [5.41, 5.74) is 2.17. The fourth-order valence-corrected chi connectivity index (χ4v) is 3.17. The Hall–Kier alpha value is -2.07. The number of phenolic OH excluding ortho intramolecular Hbond substituents is 1. The predicted molar refractivity (Wildman–Crippen MR) is 85.9 cm³/mol. The molecule has 0 spiro atoms. The number of rotatable bonds is 4. The number of hydrogen-bond donors (Lipinski definition) is 1. The van der Waals surface area contributed by atoms with Gasteiger partial charge in [-0.1, -0.05) is 12.5 Å². The summed E-state index contributed by atoms with van der Waals surface area (Å²) in [6.45, 7) is 1.76. The molecular weight excluding hydrogens is 276 g/mol. The number of aromatic nitrogens is 1. The van der Waals surface area contributed by atoms with Gasteiger partial charge < -0.3 is 9.84 Å². The highest BCUT2D eigenvalue weighted by atomic mass is 16.5. The molecular formula is C18H22N2O2. The first kappa shape index (κ1) is 14.9. The summed E-state index contributed by atoms with van der Waals surface area (Å²) in [4.78, 5) is 6.68. The summed E-state index contributed by atoms with van der Waals surface area (Å²) >= 11 is 0. The van der Waals surface area contributed by atoms with Crippen LogP contribution in [0.3, 0.4) is 0 Å². The first-order valence-corrected chi connectivity index (χ1v) is 7.78. The molecule has 4 nitrogen and oxygen atoms in total. The van der Waals surface area contributed by atoms with Crippen molar-refractivity contribution in [3.05, 3.63) is 53.9 Å². The largest absolute Gasteiger partial charge is 0.508 e. The molecule has 0 amide bonds. The van der Waals surface area contributed by atoms with E-state index in [1.165, 1.54) is 18.4 Å². The van der Waals surface area contributed by atoms with Gasteiger partial charge >= 0.3 is 0 Å². The van der Waals surface area contributed by atoms with Gasteiger partial charge in [-0.2, -0.15) is 0 Å². The number of phenols is 1. The van der Waals surface area contributed by atoms with E-state index in [0.29, 0.717) is 11.8 Å². The molecule has 1 saturated heterocycles. The van der Waals surface area contributed by atoms with Gasteiger partial charge in [-0.3, -0.25) is 9.88 Å². The van der Waals surface area contributed by atoms with Crippen LogP contribution in [-0.2, 0) is 6.54 Å². The molecule has 1 fully saturated rings. The van der Waals surface area contributed by atoms with E-state index in [9.17, 15) is 5.11 Å². The van der Waals surface area contributed by atoms with Crippen LogP contribution in [0.4, 0.5) is 0 Å². The number of aromatic hydroxyl groups is 1. The zero-order valence-electron chi connectivity index (χ0n) is 12.9. The quantitative estimate of drug-likeness (QED) is 0.938. The van der Waals surface area contributed by atoms with E-state index in [1.54, 1.807) is 19.2 Å². The number of piperidine rings is 1. The SMILES string of the molecule is COc1ccc(O)c(CN2CCCCC2c2cccnc2)c1. The van der Waals surface area contributed by atoms with Crippen molar-refractivity contribution in [2.24, 2.45) is 0 Å². The summed E-state index contributed by atoms with van der Waals surface area (Å²) in [6, 6.07) is 9.91. The zero-order valence-corrected chi connectivity index (χ0v) is 12.9. The van der Waals surface area contributed by atoms with Gasteiger partial charge in [0.1, 0.15) is 11.5 Å². The van der Waals surface area contributed by atoms with E-state index in [2.05, 4.69) is 16.0 Å². The third-order valence-corrected chi connectivity index (χ3v) is 4.34. The van der Waals surface area contributed by atoms with Crippen LogP contribution in [0.5, 0.6) is 11.5 Å².